The summed E-state index contributed by atoms with van der Waals surface area (Å²) in [6, 6.07) is 0. The molecule has 0 rings (SSSR count). The molecular weight excluding hydrogens is 103 g/mol. The van der Waals surface area contributed by atoms with E-state index in [9.17, 15) is 0 Å². The quantitative estimate of drug-likeness (QED) is 0.499. The first-order chi connectivity index (χ1) is 3.31. The molecule has 0 aliphatic heterocycles. The summed E-state index contributed by atoms with van der Waals surface area (Å²) in [4.78, 5) is 0. The third-order valence-corrected chi connectivity index (χ3v) is 1.99. The minimum absolute atomic E-state index is 0.866. The summed E-state index contributed by atoms with van der Waals surface area (Å²) in [6.45, 7) is 4.46. The Morgan fingerprint density at radius 1 is 1.43 bits per heavy atom. The lowest BCUT2D eigenvalue weighted by Gasteiger charge is -2.02. The van der Waals surface area contributed by atoms with Crippen LogP contribution in [0.5, 0.6) is 0 Å². The molecular formula is C6H15P. The third-order valence-electron chi connectivity index (χ3n) is 1.18. The first-order valence-corrected chi connectivity index (χ1v) is 3.73. The largest absolute Gasteiger partial charge is 0.134 e. The van der Waals surface area contributed by atoms with E-state index >= 15 is 0 Å². The summed E-state index contributed by atoms with van der Waals surface area (Å²) in [5, 5.41) is 0. The van der Waals surface area contributed by atoms with Gasteiger partial charge in [-0.05, 0) is 18.5 Å². The van der Waals surface area contributed by atoms with Gasteiger partial charge < -0.3 is 0 Å². The first kappa shape index (κ1) is 7.43. The Bertz CT molecular complexity index is 35.2. The Kier molecular flexibility index (Phi) is 4.87. The minimum Gasteiger partial charge on any atom is -0.134 e. The fraction of sp³-hybridized carbons (Fsp3) is 1.00. The number of hydrogen-bond acceptors (Lipinski definition) is 0. The third kappa shape index (κ3) is 4.28. The van der Waals surface area contributed by atoms with Crippen LogP contribution in [-0.2, 0) is 0 Å². The molecule has 0 radical (unpaired) electrons. The summed E-state index contributed by atoms with van der Waals surface area (Å²) in [7, 11) is 2.85. The molecule has 0 saturated heterocycles. The molecule has 0 amide bonds. The van der Waals surface area contributed by atoms with Crippen LogP contribution >= 0.6 is 9.24 Å². The molecule has 0 aliphatic carbocycles. The van der Waals surface area contributed by atoms with E-state index in [0.29, 0.717) is 0 Å². The molecule has 1 heteroatoms. The second kappa shape index (κ2) is 4.59. The summed E-state index contributed by atoms with van der Waals surface area (Å²) >= 11 is 0. The van der Waals surface area contributed by atoms with Crippen molar-refractivity contribution in [3.05, 3.63) is 0 Å². The van der Waals surface area contributed by atoms with Crippen LogP contribution in [0.2, 0.25) is 0 Å². The Morgan fingerprint density at radius 3 is 2.14 bits per heavy atom. The zero-order chi connectivity index (χ0) is 5.70. The van der Waals surface area contributed by atoms with Gasteiger partial charge in [-0.3, -0.25) is 0 Å². The lowest BCUT2D eigenvalue weighted by Crippen LogP contribution is -1.91. The maximum Gasteiger partial charge on any atom is -0.0267 e. The van der Waals surface area contributed by atoms with Crippen molar-refractivity contribution in [2.24, 2.45) is 0 Å². The van der Waals surface area contributed by atoms with Gasteiger partial charge >= 0.3 is 0 Å². The maximum atomic E-state index is 2.85. The van der Waals surface area contributed by atoms with Crippen LogP contribution in [0.4, 0.5) is 0 Å². The molecule has 0 aliphatic rings. The Balaban J connectivity index is 2.83. The van der Waals surface area contributed by atoms with Gasteiger partial charge in [0.1, 0.15) is 0 Å². The van der Waals surface area contributed by atoms with Crippen molar-refractivity contribution < 1.29 is 0 Å². The summed E-state index contributed by atoms with van der Waals surface area (Å²) in [6.07, 6.45) is 3.99. The molecule has 0 aromatic heterocycles. The summed E-state index contributed by atoms with van der Waals surface area (Å²) in [5.41, 5.74) is 0.866. The summed E-state index contributed by atoms with van der Waals surface area (Å²) in [5.74, 6) is 0. The molecule has 0 fully saturated rings. The standard InChI is InChI=1S/C6H15P/c1-3-5-6(7)4-2/h6H,3-5,7H2,1-2H3. The molecule has 0 N–H and O–H groups in total. The molecule has 7 heavy (non-hydrogen) atoms. The van der Waals surface area contributed by atoms with Gasteiger partial charge in [0.15, 0.2) is 0 Å². The van der Waals surface area contributed by atoms with Crippen molar-refractivity contribution in [2.75, 3.05) is 0 Å². The zero-order valence-corrected chi connectivity index (χ0v) is 6.43. The molecule has 0 aromatic rings. The molecule has 0 bridgehead atoms. The molecule has 2 atom stereocenters. The molecule has 0 aromatic carbocycles. The second-order valence-corrected chi connectivity index (χ2v) is 2.90. The van der Waals surface area contributed by atoms with Gasteiger partial charge in [0, 0.05) is 0 Å². The molecule has 44 valence electrons. The van der Waals surface area contributed by atoms with Gasteiger partial charge in [-0.1, -0.05) is 20.3 Å². The van der Waals surface area contributed by atoms with Crippen LogP contribution < -0.4 is 0 Å². The molecule has 0 nitrogen and oxygen atoms in total. The summed E-state index contributed by atoms with van der Waals surface area (Å²) < 4.78 is 0. The molecule has 0 heterocycles. The van der Waals surface area contributed by atoms with Crippen molar-refractivity contribution in [1.29, 1.82) is 0 Å². The van der Waals surface area contributed by atoms with E-state index in [0.717, 1.165) is 5.66 Å². The Hall–Kier alpha value is 0.430. The fourth-order valence-corrected chi connectivity index (χ4v) is 0.908. The highest BCUT2D eigenvalue weighted by molar-refractivity contribution is 7.17. The van der Waals surface area contributed by atoms with Crippen LogP contribution in [0.15, 0.2) is 0 Å². The van der Waals surface area contributed by atoms with Gasteiger partial charge in [0.25, 0.3) is 0 Å². The molecule has 0 saturated carbocycles. The van der Waals surface area contributed by atoms with Crippen LogP contribution in [0.3, 0.4) is 0 Å². The number of hydrogen-bond donors (Lipinski definition) is 0. The van der Waals surface area contributed by atoms with E-state index in [1.807, 2.05) is 0 Å². The van der Waals surface area contributed by atoms with Gasteiger partial charge in [0.05, 0.1) is 0 Å². The maximum absolute atomic E-state index is 2.85. The predicted octanol–water partition coefficient (Wildman–Crippen LogP) is 2.44. The SMILES string of the molecule is CCCC(P)CC. The van der Waals surface area contributed by atoms with Crippen molar-refractivity contribution >= 4 is 9.24 Å². The van der Waals surface area contributed by atoms with E-state index in [2.05, 4.69) is 23.1 Å². The lowest BCUT2D eigenvalue weighted by molar-refractivity contribution is 0.720. The monoisotopic (exact) mass is 118 g/mol. The van der Waals surface area contributed by atoms with Crippen molar-refractivity contribution in [3.63, 3.8) is 0 Å². The van der Waals surface area contributed by atoms with Gasteiger partial charge in [0.2, 0.25) is 0 Å². The Labute approximate surface area is 48.9 Å². The van der Waals surface area contributed by atoms with E-state index in [1.54, 1.807) is 0 Å². The Morgan fingerprint density at radius 2 is 2.00 bits per heavy atom. The smallest absolute Gasteiger partial charge is 0.0267 e. The van der Waals surface area contributed by atoms with E-state index < -0.39 is 0 Å². The molecule has 0 spiro atoms. The average molecular weight is 118 g/mol. The average Bonchev–Trinajstić information content (AvgIpc) is 1.68. The topological polar surface area (TPSA) is 0 Å². The van der Waals surface area contributed by atoms with Crippen molar-refractivity contribution in [2.45, 2.75) is 38.8 Å². The highest BCUT2D eigenvalue weighted by Gasteiger charge is 1.92. The predicted molar refractivity (Wildman–Crippen MR) is 38.7 cm³/mol. The van der Waals surface area contributed by atoms with Gasteiger partial charge in [-0.15, -0.1) is 9.24 Å². The highest BCUT2D eigenvalue weighted by Crippen LogP contribution is 2.10. The fourth-order valence-electron chi connectivity index (χ4n) is 0.575. The first-order valence-electron chi connectivity index (χ1n) is 3.06. The highest BCUT2D eigenvalue weighted by atomic mass is 31.0. The minimum atomic E-state index is 0.866. The van der Waals surface area contributed by atoms with Crippen LogP contribution in [0, 0.1) is 0 Å². The van der Waals surface area contributed by atoms with Crippen LogP contribution in [-0.4, -0.2) is 5.66 Å². The van der Waals surface area contributed by atoms with E-state index in [-0.39, 0.29) is 0 Å². The van der Waals surface area contributed by atoms with Crippen LogP contribution in [0.1, 0.15) is 33.1 Å². The second-order valence-electron chi connectivity index (χ2n) is 1.96. The van der Waals surface area contributed by atoms with Crippen LogP contribution in [0.25, 0.3) is 0 Å². The van der Waals surface area contributed by atoms with E-state index in [1.165, 1.54) is 19.3 Å². The van der Waals surface area contributed by atoms with Gasteiger partial charge in [-0.2, -0.15) is 0 Å². The van der Waals surface area contributed by atoms with Crippen molar-refractivity contribution in [3.8, 4) is 0 Å². The normalized spacial score (nSPS) is 14.1. The van der Waals surface area contributed by atoms with E-state index in [4.69, 9.17) is 0 Å². The number of rotatable bonds is 3. The molecule has 2 unspecified atom stereocenters. The van der Waals surface area contributed by atoms with Crippen molar-refractivity contribution in [1.82, 2.24) is 0 Å². The van der Waals surface area contributed by atoms with Gasteiger partial charge in [-0.25, -0.2) is 0 Å². The lowest BCUT2D eigenvalue weighted by atomic mass is 10.2. The zero-order valence-electron chi connectivity index (χ0n) is 5.28.